The minimum atomic E-state index is -0.374. The van der Waals surface area contributed by atoms with Crippen molar-refractivity contribution in [1.29, 1.82) is 0 Å². The van der Waals surface area contributed by atoms with Gasteiger partial charge in [0, 0.05) is 16.1 Å². The third-order valence-electron chi connectivity index (χ3n) is 4.75. The van der Waals surface area contributed by atoms with Crippen LogP contribution in [0.3, 0.4) is 0 Å². The molecule has 0 saturated heterocycles. The molecule has 3 heterocycles. The number of ether oxygens (including phenoxy) is 1. The smallest absolute Gasteiger partial charge is 0.341 e. The minimum Gasteiger partial charge on any atom is -0.455 e. The number of hydrogen-bond donors (Lipinski definition) is 0. The van der Waals surface area contributed by atoms with Crippen molar-refractivity contribution in [2.45, 2.75) is 13.5 Å². The van der Waals surface area contributed by atoms with Gasteiger partial charge in [0.05, 0.1) is 28.0 Å². The van der Waals surface area contributed by atoms with Gasteiger partial charge in [0.25, 0.3) is 0 Å². The van der Waals surface area contributed by atoms with Crippen LogP contribution in [-0.4, -0.2) is 20.7 Å². The fourth-order valence-electron chi connectivity index (χ4n) is 3.58. The van der Waals surface area contributed by atoms with E-state index in [2.05, 4.69) is 0 Å². The Morgan fingerprint density at radius 2 is 1.78 bits per heavy atom. The lowest BCUT2D eigenvalue weighted by Crippen LogP contribution is -2.03. The summed E-state index contributed by atoms with van der Waals surface area (Å²) in [6, 6.07) is 17.3. The highest BCUT2D eigenvalue weighted by molar-refractivity contribution is 6.34. The van der Waals surface area contributed by atoms with Crippen LogP contribution in [0.5, 0.6) is 0 Å². The summed E-state index contributed by atoms with van der Waals surface area (Å²) in [4.78, 5) is 17.2. The highest BCUT2D eigenvalue weighted by atomic mass is 35.5. The van der Waals surface area contributed by atoms with E-state index in [-0.39, 0.29) is 12.6 Å². The number of carbonyl (C=O) groups is 1. The molecule has 0 spiro atoms. The SMILES string of the molecule is Cc1nn(-c2ccccc2)c2nc3c(c(-c4ccccc4Cl)c12)C(=O)OC3. The number of fused-ring (bicyclic) bond motifs is 2. The Labute approximate surface area is 160 Å². The molecule has 2 aromatic carbocycles. The summed E-state index contributed by atoms with van der Waals surface area (Å²) in [5.74, 6) is -0.374. The molecule has 1 aliphatic heterocycles. The van der Waals surface area contributed by atoms with Crippen LogP contribution in [0.1, 0.15) is 21.7 Å². The molecule has 2 aromatic heterocycles. The van der Waals surface area contributed by atoms with E-state index in [1.54, 1.807) is 4.68 Å². The quantitative estimate of drug-likeness (QED) is 0.476. The van der Waals surface area contributed by atoms with Crippen LogP contribution in [-0.2, 0) is 11.3 Å². The molecule has 0 saturated carbocycles. The number of esters is 1. The standard InChI is InChI=1S/C21H14ClN3O2/c1-12-17-18(14-9-5-6-10-15(14)22)19-16(11-27-21(19)26)23-20(17)25(24-12)13-7-3-2-4-8-13/h2-10H,11H2,1H3. The van der Waals surface area contributed by atoms with Gasteiger partial charge in [-0.05, 0) is 25.1 Å². The zero-order valence-electron chi connectivity index (χ0n) is 14.4. The monoisotopic (exact) mass is 375 g/mol. The highest BCUT2D eigenvalue weighted by Crippen LogP contribution is 2.41. The van der Waals surface area contributed by atoms with Gasteiger partial charge in [0.15, 0.2) is 5.65 Å². The number of pyridine rings is 1. The zero-order valence-corrected chi connectivity index (χ0v) is 15.2. The third kappa shape index (κ3) is 2.35. The second kappa shape index (κ2) is 5.93. The average molecular weight is 376 g/mol. The molecule has 5 rings (SSSR count). The van der Waals surface area contributed by atoms with E-state index >= 15 is 0 Å². The molecule has 5 nitrogen and oxygen atoms in total. The molecule has 0 aliphatic carbocycles. The second-order valence-corrected chi connectivity index (χ2v) is 6.80. The molecule has 0 atom stereocenters. The molecule has 27 heavy (non-hydrogen) atoms. The Balaban J connectivity index is 1.94. The van der Waals surface area contributed by atoms with E-state index in [0.717, 1.165) is 27.9 Å². The van der Waals surface area contributed by atoms with Gasteiger partial charge >= 0.3 is 5.97 Å². The maximum Gasteiger partial charge on any atom is 0.341 e. The van der Waals surface area contributed by atoms with Gasteiger partial charge in [-0.3, -0.25) is 0 Å². The Hall–Kier alpha value is -3.18. The fourth-order valence-corrected chi connectivity index (χ4v) is 3.81. The lowest BCUT2D eigenvalue weighted by Gasteiger charge is -2.11. The summed E-state index contributed by atoms with van der Waals surface area (Å²) in [6.45, 7) is 2.07. The van der Waals surface area contributed by atoms with Crippen molar-refractivity contribution in [2.75, 3.05) is 0 Å². The van der Waals surface area contributed by atoms with Crippen molar-refractivity contribution in [1.82, 2.24) is 14.8 Å². The first-order chi connectivity index (χ1) is 13.1. The number of rotatable bonds is 2. The molecule has 0 bridgehead atoms. The predicted octanol–water partition coefficient (Wildman–Crippen LogP) is 4.72. The van der Waals surface area contributed by atoms with Crippen molar-refractivity contribution < 1.29 is 9.53 Å². The molecule has 0 amide bonds. The Morgan fingerprint density at radius 1 is 1.04 bits per heavy atom. The molecule has 1 aliphatic rings. The van der Waals surface area contributed by atoms with Crippen molar-refractivity contribution in [2.24, 2.45) is 0 Å². The van der Waals surface area contributed by atoms with Gasteiger partial charge in [-0.1, -0.05) is 48.0 Å². The van der Waals surface area contributed by atoms with Gasteiger partial charge in [-0.15, -0.1) is 0 Å². The maximum absolute atomic E-state index is 12.5. The normalized spacial score (nSPS) is 13.0. The molecular weight excluding hydrogens is 362 g/mol. The number of aromatic nitrogens is 3. The van der Waals surface area contributed by atoms with Gasteiger partial charge in [-0.2, -0.15) is 5.10 Å². The first-order valence-corrected chi connectivity index (χ1v) is 8.92. The number of benzene rings is 2. The molecule has 0 N–H and O–H groups in total. The van der Waals surface area contributed by atoms with Gasteiger partial charge in [-0.25, -0.2) is 14.5 Å². The summed E-state index contributed by atoms with van der Waals surface area (Å²) in [5.41, 5.74) is 4.97. The van der Waals surface area contributed by atoms with E-state index in [0.29, 0.717) is 21.9 Å². The number of hydrogen-bond acceptors (Lipinski definition) is 4. The predicted molar refractivity (Wildman–Crippen MR) is 103 cm³/mol. The van der Waals surface area contributed by atoms with Gasteiger partial charge < -0.3 is 4.74 Å². The Kier molecular flexibility index (Phi) is 3.52. The fraction of sp³-hybridized carbons (Fsp3) is 0.0952. The lowest BCUT2D eigenvalue weighted by atomic mass is 9.95. The van der Waals surface area contributed by atoms with Crippen LogP contribution >= 0.6 is 11.6 Å². The van der Waals surface area contributed by atoms with Crippen LogP contribution in [0.2, 0.25) is 5.02 Å². The average Bonchev–Trinajstić information content (AvgIpc) is 3.22. The Morgan fingerprint density at radius 3 is 2.56 bits per heavy atom. The lowest BCUT2D eigenvalue weighted by molar-refractivity contribution is 0.0534. The highest BCUT2D eigenvalue weighted by Gasteiger charge is 2.32. The molecule has 6 heteroatoms. The summed E-state index contributed by atoms with van der Waals surface area (Å²) < 4.78 is 7.08. The molecule has 4 aromatic rings. The van der Waals surface area contributed by atoms with Crippen LogP contribution in [0.15, 0.2) is 54.6 Å². The number of aryl methyl sites for hydroxylation is 1. The van der Waals surface area contributed by atoms with Crippen molar-refractivity contribution in [3.63, 3.8) is 0 Å². The summed E-state index contributed by atoms with van der Waals surface area (Å²) in [6.07, 6.45) is 0. The van der Waals surface area contributed by atoms with Crippen molar-refractivity contribution >= 4 is 28.6 Å². The number of carbonyl (C=O) groups excluding carboxylic acids is 1. The van der Waals surface area contributed by atoms with Crippen LogP contribution in [0.4, 0.5) is 0 Å². The number of cyclic esters (lactones) is 1. The summed E-state index contributed by atoms with van der Waals surface area (Å²) >= 11 is 6.48. The first-order valence-electron chi connectivity index (χ1n) is 8.55. The number of para-hydroxylation sites is 1. The molecule has 0 unspecified atom stereocenters. The first kappa shape index (κ1) is 16.0. The topological polar surface area (TPSA) is 57.0 Å². The summed E-state index contributed by atoms with van der Waals surface area (Å²) in [5, 5.41) is 6.08. The maximum atomic E-state index is 12.5. The van der Waals surface area contributed by atoms with E-state index in [4.69, 9.17) is 26.4 Å². The van der Waals surface area contributed by atoms with E-state index in [1.165, 1.54) is 0 Å². The number of nitrogens with zero attached hydrogens (tertiary/aromatic N) is 3. The third-order valence-corrected chi connectivity index (χ3v) is 5.08. The molecule has 132 valence electrons. The largest absolute Gasteiger partial charge is 0.455 e. The van der Waals surface area contributed by atoms with Crippen LogP contribution in [0, 0.1) is 6.92 Å². The number of halogens is 1. The molecule has 0 fully saturated rings. The van der Waals surface area contributed by atoms with Crippen LogP contribution in [0.25, 0.3) is 27.8 Å². The minimum absolute atomic E-state index is 0.153. The van der Waals surface area contributed by atoms with Gasteiger partial charge in [0.2, 0.25) is 0 Å². The van der Waals surface area contributed by atoms with Crippen LogP contribution < -0.4 is 0 Å². The van der Waals surface area contributed by atoms with E-state index in [1.807, 2.05) is 61.5 Å². The molecular formula is C21H14ClN3O2. The summed E-state index contributed by atoms with van der Waals surface area (Å²) in [7, 11) is 0. The molecule has 0 radical (unpaired) electrons. The Bertz CT molecular complexity index is 1220. The van der Waals surface area contributed by atoms with Crippen molar-refractivity contribution in [3.8, 4) is 16.8 Å². The van der Waals surface area contributed by atoms with E-state index < -0.39 is 0 Å². The van der Waals surface area contributed by atoms with E-state index in [9.17, 15) is 4.79 Å². The van der Waals surface area contributed by atoms with Gasteiger partial charge in [0.1, 0.15) is 6.61 Å². The second-order valence-electron chi connectivity index (χ2n) is 6.40. The van der Waals surface area contributed by atoms with Crippen molar-refractivity contribution in [3.05, 3.63) is 76.6 Å². The zero-order chi connectivity index (χ0) is 18.5.